The summed E-state index contributed by atoms with van der Waals surface area (Å²) in [6.07, 6.45) is 10.6. The molecule has 3 nitrogen and oxygen atoms in total. The first-order valence-corrected chi connectivity index (χ1v) is 10.7. The van der Waals surface area contributed by atoms with Gasteiger partial charge in [0.1, 0.15) is 6.23 Å². The number of aliphatic hydroxyl groups is 1. The van der Waals surface area contributed by atoms with Gasteiger partial charge in [-0.1, -0.05) is 19.9 Å². The van der Waals surface area contributed by atoms with Crippen molar-refractivity contribution in [2.45, 2.75) is 70.6 Å². The Morgan fingerprint density at radius 2 is 1.96 bits per heavy atom. The lowest BCUT2D eigenvalue weighted by Crippen LogP contribution is -2.72. The van der Waals surface area contributed by atoms with Crippen LogP contribution in [-0.4, -0.2) is 42.0 Å². The number of rotatable bonds is 0. The van der Waals surface area contributed by atoms with Crippen molar-refractivity contribution in [2.75, 3.05) is 19.7 Å². The van der Waals surface area contributed by atoms with Crippen LogP contribution in [0.1, 0.15) is 58.3 Å². The summed E-state index contributed by atoms with van der Waals surface area (Å²) in [6.45, 7) is 10.1. The number of ether oxygens (including phenoxy) is 1. The summed E-state index contributed by atoms with van der Waals surface area (Å²) in [5.41, 5.74) is 2.07. The monoisotopic (exact) mass is 343 g/mol. The topological polar surface area (TPSA) is 32.7 Å². The van der Waals surface area contributed by atoms with Crippen LogP contribution in [-0.2, 0) is 4.74 Å². The molecule has 0 aromatic heterocycles. The van der Waals surface area contributed by atoms with Crippen molar-refractivity contribution >= 4 is 0 Å². The fourth-order valence-corrected chi connectivity index (χ4v) is 9.25. The highest BCUT2D eigenvalue weighted by Crippen LogP contribution is 2.74. The minimum atomic E-state index is -0.235. The zero-order valence-electron chi connectivity index (χ0n) is 15.7. The second kappa shape index (κ2) is 4.72. The van der Waals surface area contributed by atoms with E-state index in [0.29, 0.717) is 28.9 Å². The van der Waals surface area contributed by atoms with E-state index in [0.717, 1.165) is 19.1 Å². The summed E-state index contributed by atoms with van der Waals surface area (Å²) < 4.78 is 6.29. The molecule has 7 rings (SSSR count). The van der Waals surface area contributed by atoms with Crippen molar-refractivity contribution in [2.24, 2.45) is 34.0 Å². The van der Waals surface area contributed by atoms with E-state index in [1.165, 1.54) is 63.5 Å². The molecule has 7 aliphatic rings. The van der Waals surface area contributed by atoms with Crippen LogP contribution in [0.4, 0.5) is 0 Å². The number of aliphatic hydroxyl groups excluding tert-OH is 1. The molecule has 2 saturated heterocycles. The van der Waals surface area contributed by atoms with Crippen LogP contribution in [0.25, 0.3) is 0 Å². The molecule has 138 valence electrons. The highest BCUT2D eigenvalue weighted by Gasteiger charge is 2.71. The summed E-state index contributed by atoms with van der Waals surface area (Å²) in [4.78, 5) is 2.69. The minimum absolute atomic E-state index is 0.147. The van der Waals surface area contributed by atoms with Crippen LogP contribution in [0.3, 0.4) is 0 Å². The van der Waals surface area contributed by atoms with Crippen molar-refractivity contribution in [1.29, 1.82) is 0 Å². The molecule has 0 aromatic carbocycles. The lowest BCUT2D eigenvalue weighted by molar-refractivity contribution is -0.273. The largest absolute Gasteiger partial charge is 0.388 e. The molecule has 5 saturated carbocycles. The van der Waals surface area contributed by atoms with Gasteiger partial charge in [-0.15, -0.1) is 0 Å². The zero-order chi connectivity index (χ0) is 17.0. The van der Waals surface area contributed by atoms with Gasteiger partial charge >= 0.3 is 0 Å². The Morgan fingerprint density at radius 1 is 1.12 bits per heavy atom. The smallest absolute Gasteiger partial charge is 0.116 e. The van der Waals surface area contributed by atoms with E-state index in [1.807, 2.05) is 0 Å². The summed E-state index contributed by atoms with van der Waals surface area (Å²) in [5.74, 6) is 2.08. The van der Waals surface area contributed by atoms with Gasteiger partial charge in [-0.3, -0.25) is 4.90 Å². The van der Waals surface area contributed by atoms with Crippen molar-refractivity contribution in [1.82, 2.24) is 4.90 Å². The van der Waals surface area contributed by atoms with E-state index in [-0.39, 0.29) is 11.5 Å². The molecule has 8 atom stereocenters. The normalized spacial score (nSPS) is 60.1. The first-order valence-electron chi connectivity index (χ1n) is 10.7. The Balaban J connectivity index is 1.49. The van der Waals surface area contributed by atoms with Gasteiger partial charge in [0.25, 0.3) is 0 Å². The lowest BCUT2D eigenvalue weighted by Gasteiger charge is -2.73. The van der Waals surface area contributed by atoms with E-state index >= 15 is 0 Å². The first-order chi connectivity index (χ1) is 12.0. The fraction of sp³-hybridized carbons (Fsp3) is 0.909. The Bertz CT molecular complexity index is 634. The minimum Gasteiger partial charge on any atom is -0.388 e. The Hall–Kier alpha value is -0.380. The molecule has 1 N–H and O–H groups in total. The molecule has 3 heteroatoms. The lowest BCUT2D eigenvalue weighted by atomic mass is 9.34. The second-order valence-corrected chi connectivity index (χ2v) is 10.6. The average Bonchev–Trinajstić information content (AvgIpc) is 3.07. The van der Waals surface area contributed by atoms with Crippen LogP contribution < -0.4 is 0 Å². The molecular weight excluding hydrogens is 310 g/mol. The average molecular weight is 344 g/mol. The molecule has 1 spiro atoms. The molecule has 0 unspecified atom stereocenters. The number of nitrogens with zero attached hydrogens (tertiary/aromatic N) is 1. The van der Waals surface area contributed by atoms with Crippen molar-refractivity contribution in [3.63, 3.8) is 0 Å². The molecule has 0 aromatic rings. The Morgan fingerprint density at radius 3 is 2.84 bits per heavy atom. The summed E-state index contributed by atoms with van der Waals surface area (Å²) >= 11 is 0. The molecule has 2 aliphatic heterocycles. The maximum Gasteiger partial charge on any atom is 0.116 e. The molecule has 2 heterocycles. The van der Waals surface area contributed by atoms with Crippen molar-refractivity contribution < 1.29 is 9.84 Å². The first kappa shape index (κ1) is 15.7. The molecule has 5 aliphatic carbocycles. The van der Waals surface area contributed by atoms with Gasteiger partial charge in [0.2, 0.25) is 0 Å². The molecule has 7 fully saturated rings. The van der Waals surface area contributed by atoms with Crippen molar-refractivity contribution in [3.8, 4) is 0 Å². The molecular formula is C22H33NO2. The number of piperidine rings is 1. The maximum absolute atomic E-state index is 11.3. The van der Waals surface area contributed by atoms with Crippen LogP contribution in [0.15, 0.2) is 12.2 Å². The number of hydrogen-bond donors (Lipinski definition) is 1. The van der Waals surface area contributed by atoms with Crippen LogP contribution in [0.5, 0.6) is 0 Å². The van der Waals surface area contributed by atoms with Crippen molar-refractivity contribution in [3.05, 3.63) is 12.2 Å². The molecule has 0 radical (unpaired) electrons. The summed E-state index contributed by atoms with van der Waals surface area (Å²) in [5, 5.41) is 11.3. The predicted octanol–water partition coefficient (Wildman–Crippen LogP) is 3.58. The van der Waals surface area contributed by atoms with Gasteiger partial charge in [0.15, 0.2) is 0 Å². The highest BCUT2D eigenvalue weighted by atomic mass is 16.5. The van der Waals surface area contributed by atoms with E-state index < -0.39 is 0 Å². The van der Waals surface area contributed by atoms with E-state index in [4.69, 9.17) is 4.74 Å². The van der Waals surface area contributed by atoms with Gasteiger partial charge in [0.05, 0.1) is 12.7 Å². The van der Waals surface area contributed by atoms with Crippen LogP contribution in [0.2, 0.25) is 0 Å². The van der Waals surface area contributed by atoms with Gasteiger partial charge in [-0.05, 0) is 73.7 Å². The third kappa shape index (κ3) is 1.62. The highest BCUT2D eigenvalue weighted by molar-refractivity contribution is 5.28. The standard InChI is InChI=1S/C22H33NO2/c1-14-15-4-8-21(18(14)24)9-5-16-20(2)6-3-7-22(16,17(21)12-15)13-23-10-11-25-19(20)23/h15-19,24H,1,3-13H2,2H3/t15-,16-,17-,18-,19+,20+,21-,22+/m1/s1. The Labute approximate surface area is 151 Å². The number of hydrogen-bond acceptors (Lipinski definition) is 3. The third-order valence-corrected chi connectivity index (χ3v) is 10.1. The van der Waals surface area contributed by atoms with Gasteiger partial charge < -0.3 is 9.84 Å². The zero-order valence-corrected chi connectivity index (χ0v) is 15.7. The quantitative estimate of drug-likeness (QED) is 0.683. The van der Waals surface area contributed by atoms with Gasteiger partial charge in [0, 0.05) is 23.9 Å². The van der Waals surface area contributed by atoms with Crippen LogP contribution >= 0.6 is 0 Å². The number of fused-ring (bicyclic) bond motifs is 4. The van der Waals surface area contributed by atoms with E-state index in [2.05, 4.69) is 18.4 Å². The maximum atomic E-state index is 11.3. The third-order valence-electron chi connectivity index (χ3n) is 10.1. The molecule has 0 amide bonds. The second-order valence-electron chi connectivity index (χ2n) is 10.6. The van der Waals surface area contributed by atoms with E-state index in [9.17, 15) is 5.11 Å². The summed E-state index contributed by atoms with van der Waals surface area (Å²) in [7, 11) is 0. The van der Waals surface area contributed by atoms with Gasteiger partial charge in [-0.2, -0.15) is 0 Å². The van der Waals surface area contributed by atoms with E-state index in [1.54, 1.807) is 0 Å². The Kier molecular flexibility index (Phi) is 2.95. The predicted molar refractivity (Wildman–Crippen MR) is 96.8 cm³/mol. The fourth-order valence-electron chi connectivity index (χ4n) is 9.25. The summed E-state index contributed by atoms with van der Waals surface area (Å²) in [6, 6.07) is 0. The molecule has 4 bridgehead atoms. The molecule has 25 heavy (non-hydrogen) atoms. The van der Waals surface area contributed by atoms with Gasteiger partial charge in [-0.25, -0.2) is 0 Å². The van der Waals surface area contributed by atoms with Crippen LogP contribution in [0, 0.1) is 34.0 Å². The SMILES string of the molecule is C=C1[C@@H]2CC[C@]3(CC[C@@H]4[C@]5(C)CCC[C@@]4(CN4CCO[C@H]45)[C@@H]3C2)[C@@H]1O.